The molecule has 0 radical (unpaired) electrons. The van der Waals surface area contributed by atoms with Crippen LogP contribution in [-0.4, -0.2) is 66.0 Å². The van der Waals surface area contributed by atoms with E-state index in [2.05, 4.69) is 27.8 Å². The standard InChI is InChI=1S/C10H21N5O2S/c1-9(8-17-3)18-10-12-13-14-15(10)6-4-11-5-7-16-2/h9,11H,4-8H2,1-3H3. The number of nitrogens with one attached hydrogen (secondary N) is 1. The van der Waals surface area contributed by atoms with Gasteiger partial charge in [-0.25, -0.2) is 4.68 Å². The fourth-order valence-corrected chi connectivity index (χ4v) is 2.25. The molecule has 0 aromatic carbocycles. The van der Waals surface area contributed by atoms with Crippen molar-refractivity contribution in [3.8, 4) is 0 Å². The molecule has 1 aromatic rings. The van der Waals surface area contributed by atoms with E-state index in [9.17, 15) is 0 Å². The molecule has 18 heavy (non-hydrogen) atoms. The molecular formula is C10H21N5O2S. The number of ether oxygens (including phenoxy) is 2. The summed E-state index contributed by atoms with van der Waals surface area (Å²) >= 11 is 1.62. The lowest BCUT2D eigenvalue weighted by Gasteiger charge is -2.09. The molecule has 0 spiro atoms. The minimum Gasteiger partial charge on any atom is -0.384 e. The molecule has 1 rings (SSSR count). The lowest BCUT2D eigenvalue weighted by Crippen LogP contribution is -2.24. The average molecular weight is 275 g/mol. The zero-order chi connectivity index (χ0) is 13.2. The van der Waals surface area contributed by atoms with Crippen molar-refractivity contribution in [3.63, 3.8) is 0 Å². The van der Waals surface area contributed by atoms with Gasteiger partial charge in [0.15, 0.2) is 0 Å². The molecule has 0 bridgehead atoms. The fourth-order valence-electron chi connectivity index (χ4n) is 1.35. The minimum atomic E-state index is 0.334. The fraction of sp³-hybridized carbons (Fsp3) is 0.900. The number of hydrogen-bond acceptors (Lipinski definition) is 7. The van der Waals surface area contributed by atoms with E-state index >= 15 is 0 Å². The Kier molecular flexibility index (Phi) is 7.90. The molecule has 0 aliphatic heterocycles. The Morgan fingerprint density at radius 2 is 2.17 bits per heavy atom. The zero-order valence-electron chi connectivity index (χ0n) is 11.1. The van der Waals surface area contributed by atoms with Gasteiger partial charge in [0.2, 0.25) is 5.16 Å². The van der Waals surface area contributed by atoms with E-state index in [-0.39, 0.29) is 0 Å². The second kappa shape index (κ2) is 9.26. The smallest absolute Gasteiger partial charge is 0.209 e. The topological polar surface area (TPSA) is 74.1 Å². The monoisotopic (exact) mass is 275 g/mol. The molecule has 0 aliphatic rings. The summed E-state index contributed by atoms with van der Waals surface area (Å²) in [5.41, 5.74) is 0. The van der Waals surface area contributed by atoms with Crippen LogP contribution >= 0.6 is 11.8 Å². The number of methoxy groups -OCH3 is 2. The highest BCUT2D eigenvalue weighted by molar-refractivity contribution is 7.99. The first-order valence-corrected chi connectivity index (χ1v) is 6.77. The van der Waals surface area contributed by atoms with E-state index in [0.29, 0.717) is 18.5 Å². The van der Waals surface area contributed by atoms with Crippen LogP contribution in [0.1, 0.15) is 6.92 Å². The largest absolute Gasteiger partial charge is 0.384 e. The van der Waals surface area contributed by atoms with E-state index in [1.165, 1.54) is 0 Å². The molecule has 0 saturated heterocycles. The third-order valence-electron chi connectivity index (χ3n) is 2.19. The normalized spacial score (nSPS) is 12.8. The summed E-state index contributed by atoms with van der Waals surface area (Å²) in [6.45, 7) is 5.89. The SMILES string of the molecule is COCCNCCn1nnnc1SC(C)COC. The third-order valence-corrected chi connectivity index (χ3v) is 3.23. The molecule has 0 aliphatic carbocycles. The molecular weight excluding hydrogens is 254 g/mol. The van der Waals surface area contributed by atoms with Crippen LogP contribution in [0, 0.1) is 0 Å². The highest BCUT2D eigenvalue weighted by Crippen LogP contribution is 2.19. The van der Waals surface area contributed by atoms with Gasteiger partial charge in [0.25, 0.3) is 0 Å². The zero-order valence-corrected chi connectivity index (χ0v) is 11.9. The van der Waals surface area contributed by atoms with Gasteiger partial charge in [0.1, 0.15) is 0 Å². The van der Waals surface area contributed by atoms with E-state index in [0.717, 1.165) is 24.8 Å². The van der Waals surface area contributed by atoms with E-state index in [4.69, 9.17) is 9.47 Å². The van der Waals surface area contributed by atoms with Crippen LogP contribution < -0.4 is 5.32 Å². The number of thioether (sulfide) groups is 1. The summed E-state index contributed by atoms with van der Waals surface area (Å²) < 4.78 is 11.8. The van der Waals surface area contributed by atoms with Crippen LogP contribution in [0.15, 0.2) is 5.16 Å². The predicted molar refractivity (Wildman–Crippen MR) is 69.8 cm³/mol. The second-order valence-electron chi connectivity index (χ2n) is 3.81. The van der Waals surface area contributed by atoms with Crippen molar-refractivity contribution >= 4 is 11.8 Å². The molecule has 1 N–H and O–H groups in total. The third kappa shape index (κ3) is 5.76. The van der Waals surface area contributed by atoms with Crippen molar-refractivity contribution in [2.75, 3.05) is 40.5 Å². The van der Waals surface area contributed by atoms with Gasteiger partial charge in [-0.1, -0.05) is 18.7 Å². The summed E-state index contributed by atoms with van der Waals surface area (Å²) in [7, 11) is 3.38. The molecule has 1 aromatic heterocycles. The first-order chi connectivity index (χ1) is 8.77. The van der Waals surface area contributed by atoms with Crippen molar-refractivity contribution in [2.45, 2.75) is 23.9 Å². The summed E-state index contributed by atoms with van der Waals surface area (Å²) in [6.07, 6.45) is 0. The van der Waals surface area contributed by atoms with Gasteiger partial charge >= 0.3 is 0 Å². The molecule has 1 unspecified atom stereocenters. The van der Waals surface area contributed by atoms with Gasteiger partial charge in [-0.3, -0.25) is 0 Å². The summed E-state index contributed by atoms with van der Waals surface area (Å²) in [6, 6.07) is 0. The van der Waals surface area contributed by atoms with Gasteiger partial charge in [0.05, 0.1) is 19.8 Å². The first kappa shape index (κ1) is 15.4. The lowest BCUT2D eigenvalue weighted by atomic mass is 10.5. The van der Waals surface area contributed by atoms with Gasteiger partial charge in [-0.2, -0.15) is 0 Å². The Morgan fingerprint density at radius 3 is 2.89 bits per heavy atom. The van der Waals surface area contributed by atoms with E-state index < -0.39 is 0 Å². The first-order valence-electron chi connectivity index (χ1n) is 5.89. The Hall–Kier alpha value is -0.700. The Labute approximate surface area is 112 Å². The molecule has 8 heteroatoms. The summed E-state index contributed by atoms with van der Waals surface area (Å²) in [5, 5.41) is 16.1. The molecule has 1 atom stereocenters. The highest BCUT2D eigenvalue weighted by atomic mass is 32.2. The van der Waals surface area contributed by atoms with Crippen molar-refractivity contribution < 1.29 is 9.47 Å². The van der Waals surface area contributed by atoms with Crippen molar-refractivity contribution in [1.29, 1.82) is 0 Å². The molecule has 0 amide bonds. The maximum atomic E-state index is 5.09. The highest BCUT2D eigenvalue weighted by Gasteiger charge is 2.11. The Morgan fingerprint density at radius 1 is 1.33 bits per heavy atom. The summed E-state index contributed by atoms with van der Waals surface area (Å²) in [5.74, 6) is 0. The van der Waals surface area contributed by atoms with Gasteiger partial charge in [-0.15, -0.1) is 5.10 Å². The number of nitrogens with zero attached hydrogens (tertiary/aromatic N) is 4. The van der Waals surface area contributed by atoms with Crippen molar-refractivity contribution in [3.05, 3.63) is 0 Å². The van der Waals surface area contributed by atoms with E-state index in [1.54, 1.807) is 30.7 Å². The Balaban J connectivity index is 2.30. The van der Waals surface area contributed by atoms with E-state index in [1.807, 2.05) is 0 Å². The molecule has 7 nitrogen and oxygen atoms in total. The number of tetrazole rings is 1. The quantitative estimate of drug-likeness (QED) is 0.477. The molecule has 104 valence electrons. The van der Waals surface area contributed by atoms with Crippen LogP contribution in [0.5, 0.6) is 0 Å². The predicted octanol–water partition coefficient (Wildman–Crippen LogP) is 0.0361. The number of hydrogen-bond donors (Lipinski definition) is 1. The van der Waals surface area contributed by atoms with Crippen LogP contribution in [-0.2, 0) is 16.0 Å². The van der Waals surface area contributed by atoms with Crippen molar-refractivity contribution in [2.24, 2.45) is 0 Å². The van der Waals surface area contributed by atoms with Crippen LogP contribution in [0.25, 0.3) is 0 Å². The van der Waals surface area contributed by atoms with Crippen LogP contribution in [0.2, 0.25) is 0 Å². The Bertz CT molecular complexity index is 323. The number of rotatable bonds is 10. The summed E-state index contributed by atoms with van der Waals surface area (Å²) in [4.78, 5) is 0. The second-order valence-corrected chi connectivity index (χ2v) is 5.22. The number of aromatic nitrogens is 4. The minimum absolute atomic E-state index is 0.334. The molecule has 1 heterocycles. The lowest BCUT2D eigenvalue weighted by molar-refractivity contribution is 0.199. The molecule has 0 saturated carbocycles. The average Bonchev–Trinajstić information content (AvgIpc) is 2.77. The maximum Gasteiger partial charge on any atom is 0.209 e. The van der Waals surface area contributed by atoms with Crippen molar-refractivity contribution in [1.82, 2.24) is 25.5 Å². The molecule has 0 fully saturated rings. The van der Waals surface area contributed by atoms with Gasteiger partial charge < -0.3 is 14.8 Å². The van der Waals surface area contributed by atoms with Gasteiger partial charge in [-0.05, 0) is 10.4 Å². The van der Waals surface area contributed by atoms with Crippen LogP contribution in [0.4, 0.5) is 0 Å². The maximum absolute atomic E-state index is 5.09. The van der Waals surface area contributed by atoms with Gasteiger partial charge in [0, 0.05) is 32.6 Å². The van der Waals surface area contributed by atoms with Crippen LogP contribution in [0.3, 0.4) is 0 Å².